The Labute approximate surface area is 105 Å². The van der Waals surface area contributed by atoms with Gasteiger partial charge < -0.3 is 10.1 Å². The summed E-state index contributed by atoms with van der Waals surface area (Å²) in [6.45, 7) is 8.74. The van der Waals surface area contributed by atoms with Crippen molar-refractivity contribution < 1.29 is 4.74 Å². The lowest BCUT2D eigenvalue weighted by atomic mass is 9.96. The summed E-state index contributed by atoms with van der Waals surface area (Å²) in [6.07, 6.45) is 2.31. The molecule has 96 valence electrons. The number of nitrogens with one attached hydrogen (secondary N) is 1. The molecule has 1 aromatic rings. The van der Waals surface area contributed by atoms with Gasteiger partial charge in [0.05, 0.1) is 7.11 Å². The van der Waals surface area contributed by atoms with Crippen molar-refractivity contribution in [2.24, 2.45) is 5.92 Å². The average molecular weight is 235 g/mol. The monoisotopic (exact) mass is 235 g/mol. The van der Waals surface area contributed by atoms with E-state index in [1.165, 1.54) is 17.5 Å². The van der Waals surface area contributed by atoms with Gasteiger partial charge in [-0.3, -0.25) is 0 Å². The van der Waals surface area contributed by atoms with Gasteiger partial charge in [0, 0.05) is 0 Å². The SMILES string of the molecule is CCNCCC(C)Cc1cc(C)ccc1OC. The summed E-state index contributed by atoms with van der Waals surface area (Å²) in [5, 5.41) is 3.37. The van der Waals surface area contributed by atoms with Gasteiger partial charge in [-0.05, 0) is 50.4 Å². The quantitative estimate of drug-likeness (QED) is 0.733. The normalized spacial score (nSPS) is 12.5. The first-order chi connectivity index (χ1) is 8.17. The van der Waals surface area contributed by atoms with Crippen LogP contribution in [0.3, 0.4) is 0 Å². The van der Waals surface area contributed by atoms with E-state index in [0.717, 1.165) is 25.3 Å². The van der Waals surface area contributed by atoms with Crippen molar-refractivity contribution in [3.8, 4) is 5.75 Å². The Bertz CT molecular complexity index is 336. The van der Waals surface area contributed by atoms with Crippen LogP contribution in [0.25, 0.3) is 0 Å². The Hall–Kier alpha value is -1.02. The van der Waals surface area contributed by atoms with Crippen LogP contribution in [-0.4, -0.2) is 20.2 Å². The Morgan fingerprint density at radius 2 is 2.12 bits per heavy atom. The molecule has 1 N–H and O–H groups in total. The zero-order valence-electron chi connectivity index (χ0n) is 11.5. The van der Waals surface area contributed by atoms with Crippen LogP contribution in [0.5, 0.6) is 5.75 Å². The molecule has 0 saturated carbocycles. The minimum absolute atomic E-state index is 0.685. The van der Waals surface area contributed by atoms with Crippen molar-refractivity contribution in [3.05, 3.63) is 29.3 Å². The summed E-state index contributed by atoms with van der Waals surface area (Å²) in [6, 6.07) is 6.41. The molecule has 2 nitrogen and oxygen atoms in total. The standard InChI is InChI=1S/C15H25NO/c1-5-16-9-8-13(3)11-14-10-12(2)6-7-15(14)17-4/h6-7,10,13,16H,5,8-9,11H2,1-4H3. The van der Waals surface area contributed by atoms with E-state index >= 15 is 0 Å². The number of rotatable bonds is 7. The highest BCUT2D eigenvalue weighted by Crippen LogP contribution is 2.23. The summed E-state index contributed by atoms with van der Waals surface area (Å²) in [7, 11) is 1.75. The van der Waals surface area contributed by atoms with Gasteiger partial charge in [-0.2, -0.15) is 0 Å². The lowest BCUT2D eigenvalue weighted by Crippen LogP contribution is -2.17. The van der Waals surface area contributed by atoms with Crippen molar-refractivity contribution in [2.45, 2.75) is 33.6 Å². The van der Waals surface area contributed by atoms with Gasteiger partial charge in [0.1, 0.15) is 5.75 Å². The largest absolute Gasteiger partial charge is 0.496 e. The third-order valence-corrected chi connectivity index (χ3v) is 3.07. The van der Waals surface area contributed by atoms with Crippen LogP contribution in [-0.2, 0) is 6.42 Å². The maximum Gasteiger partial charge on any atom is 0.122 e. The van der Waals surface area contributed by atoms with Gasteiger partial charge in [-0.1, -0.05) is 31.5 Å². The van der Waals surface area contributed by atoms with Crippen LogP contribution in [0.2, 0.25) is 0 Å². The predicted octanol–water partition coefficient (Wildman–Crippen LogP) is 3.18. The predicted molar refractivity (Wildman–Crippen MR) is 73.8 cm³/mol. The molecule has 0 bridgehead atoms. The Kier molecular flexibility index (Phi) is 6.06. The molecule has 2 heteroatoms. The molecule has 0 radical (unpaired) electrons. The zero-order chi connectivity index (χ0) is 12.7. The van der Waals surface area contributed by atoms with E-state index in [1.807, 2.05) is 0 Å². The third-order valence-electron chi connectivity index (χ3n) is 3.07. The molecule has 1 aromatic carbocycles. The third kappa shape index (κ3) is 4.78. The molecule has 0 fully saturated rings. The van der Waals surface area contributed by atoms with Gasteiger partial charge in [0.25, 0.3) is 0 Å². The molecule has 0 amide bonds. The van der Waals surface area contributed by atoms with E-state index in [9.17, 15) is 0 Å². The second-order valence-corrected chi connectivity index (χ2v) is 4.77. The van der Waals surface area contributed by atoms with E-state index in [0.29, 0.717) is 5.92 Å². The van der Waals surface area contributed by atoms with Crippen molar-refractivity contribution in [1.29, 1.82) is 0 Å². The second kappa shape index (κ2) is 7.33. The molecule has 1 unspecified atom stereocenters. The highest BCUT2D eigenvalue weighted by Gasteiger charge is 2.08. The van der Waals surface area contributed by atoms with Gasteiger partial charge >= 0.3 is 0 Å². The topological polar surface area (TPSA) is 21.3 Å². The first-order valence-electron chi connectivity index (χ1n) is 6.51. The smallest absolute Gasteiger partial charge is 0.122 e. The first kappa shape index (κ1) is 14.0. The first-order valence-corrected chi connectivity index (χ1v) is 6.51. The van der Waals surface area contributed by atoms with Crippen LogP contribution in [0, 0.1) is 12.8 Å². The number of hydrogen-bond acceptors (Lipinski definition) is 2. The molecular formula is C15H25NO. The molecule has 0 aliphatic carbocycles. The van der Waals surface area contributed by atoms with Crippen molar-refractivity contribution in [3.63, 3.8) is 0 Å². The highest BCUT2D eigenvalue weighted by molar-refractivity contribution is 5.37. The molecule has 0 aliphatic rings. The second-order valence-electron chi connectivity index (χ2n) is 4.77. The molecule has 0 aromatic heterocycles. The summed E-state index contributed by atoms with van der Waals surface area (Å²) < 4.78 is 5.41. The van der Waals surface area contributed by atoms with Crippen LogP contribution < -0.4 is 10.1 Å². The molecule has 17 heavy (non-hydrogen) atoms. The molecule has 0 spiro atoms. The van der Waals surface area contributed by atoms with Crippen LogP contribution in [0.15, 0.2) is 18.2 Å². The van der Waals surface area contributed by atoms with E-state index in [2.05, 4.69) is 44.3 Å². The maximum atomic E-state index is 5.41. The van der Waals surface area contributed by atoms with E-state index in [-0.39, 0.29) is 0 Å². The number of aryl methyl sites for hydroxylation is 1. The van der Waals surface area contributed by atoms with Gasteiger partial charge in [0.2, 0.25) is 0 Å². The highest BCUT2D eigenvalue weighted by atomic mass is 16.5. The Morgan fingerprint density at radius 3 is 2.76 bits per heavy atom. The number of methoxy groups -OCH3 is 1. The zero-order valence-corrected chi connectivity index (χ0v) is 11.5. The number of ether oxygens (including phenoxy) is 1. The summed E-state index contributed by atoms with van der Waals surface area (Å²) in [4.78, 5) is 0. The Balaban J connectivity index is 2.57. The maximum absolute atomic E-state index is 5.41. The van der Waals surface area contributed by atoms with E-state index in [1.54, 1.807) is 7.11 Å². The fraction of sp³-hybridized carbons (Fsp3) is 0.600. The van der Waals surface area contributed by atoms with E-state index < -0.39 is 0 Å². The van der Waals surface area contributed by atoms with Gasteiger partial charge in [-0.25, -0.2) is 0 Å². The number of hydrogen-bond donors (Lipinski definition) is 1. The summed E-state index contributed by atoms with van der Waals surface area (Å²) >= 11 is 0. The average Bonchev–Trinajstić information content (AvgIpc) is 2.29. The Morgan fingerprint density at radius 1 is 1.35 bits per heavy atom. The van der Waals surface area contributed by atoms with Crippen molar-refractivity contribution in [1.82, 2.24) is 5.32 Å². The lowest BCUT2D eigenvalue weighted by Gasteiger charge is -2.15. The fourth-order valence-corrected chi connectivity index (χ4v) is 2.07. The van der Waals surface area contributed by atoms with Crippen LogP contribution in [0.4, 0.5) is 0 Å². The van der Waals surface area contributed by atoms with E-state index in [4.69, 9.17) is 4.74 Å². The molecule has 0 aliphatic heterocycles. The van der Waals surface area contributed by atoms with Gasteiger partial charge in [-0.15, -0.1) is 0 Å². The molecule has 1 rings (SSSR count). The van der Waals surface area contributed by atoms with Crippen LogP contribution in [0.1, 0.15) is 31.4 Å². The molecule has 1 atom stereocenters. The minimum atomic E-state index is 0.685. The lowest BCUT2D eigenvalue weighted by molar-refractivity contribution is 0.403. The van der Waals surface area contributed by atoms with Crippen LogP contribution >= 0.6 is 0 Å². The molecule has 0 heterocycles. The summed E-state index contributed by atoms with van der Waals surface area (Å²) in [5.41, 5.74) is 2.64. The fourth-order valence-electron chi connectivity index (χ4n) is 2.07. The number of benzene rings is 1. The van der Waals surface area contributed by atoms with Crippen molar-refractivity contribution >= 4 is 0 Å². The molecular weight excluding hydrogens is 210 g/mol. The summed E-state index contributed by atoms with van der Waals surface area (Å²) in [5.74, 6) is 1.70. The van der Waals surface area contributed by atoms with Crippen molar-refractivity contribution in [2.75, 3.05) is 20.2 Å². The minimum Gasteiger partial charge on any atom is -0.496 e. The molecule has 0 saturated heterocycles. The van der Waals surface area contributed by atoms with Gasteiger partial charge in [0.15, 0.2) is 0 Å².